The predicted molar refractivity (Wildman–Crippen MR) is 37.9 cm³/mol. The molecule has 0 aromatic carbocycles. The van der Waals surface area contributed by atoms with Crippen molar-refractivity contribution >= 4 is 0 Å². The van der Waals surface area contributed by atoms with Gasteiger partial charge in [0.2, 0.25) is 0 Å². The van der Waals surface area contributed by atoms with Crippen molar-refractivity contribution in [1.29, 1.82) is 0 Å². The van der Waals surface area contributed by atoms with Crippen LogP contribution < -0.4 is 0 Å². The zero-order valence-electron chi connectivity index (χ0n) is 7.45. The Kier molecular flexibility index (Phi) is 2.71. The zero-order chi connectivity index (χ0) is 11.9. The van der Waals surface area contributed by atoms with Crippen LogP contribution in [-0.2, 0) is 18.9 Å². The number of hydrogen-bond acceptors (Lipinski definition) is 1. The second-order valence-corrected chi connectivity index (χ2v) is 2.74. The minimum atomic E-state index is -5.09. The van der Waals surface area contributed by atoms with E-state index in [9.17, 15) is 26.3 Å². The lowest BCUT2D eigenvalue weighted by Crippen LogP contribution is -2.15. The van der Waals surface area contributed by atoms with Crippen molar-refractivity contribution in [3.05, 3.63) is 17.5 Å². The maximum atomic E-state index is 12.2. The number of hydrogen-bond donors (Lipinski definition) is 0. The molecule has 0 aliphatic heterocycles. The van der Waals surface area contributed by atoms with E-state index >= 15 is 0 Å². The third kappa shape index (κ3) is 2.42. The van der Waals surface area contributed by atoms with Crippen molar-refractivity contribution in [3.63, 3.8) is 0 Å². The topological polar surface area (TPSA) is 17.8 Å². The van der Waals surface area contributed by atoms with E-state index in [0.29, 0.717) is 10.9 Å². The van der Waals surface area contributed by atoms with Crippen LogP contribution in [0.5, 0.6) is 0 Å². The summed E-state index contributed by atoms with van der Waals surface area (Å²) in [6.07, 6.45) is -9.79. The standard InChI is InChI=1S/C7H6F6N2/c1-2-15-3-4(6(8,9)10)5(14-15)7(11,12)13/h3H,2H2,1H3. The molecule has 0 unspecified atom stereocenters. The van der Waals surface area contributed by atoms with Gasteiger partial charge in [0.25, 0.3) is 0 Å². The van der Waals surface area contributed by atoms with Gasteiger partial charge in [-0.05, 0) is 6.92 Å². The first-order chi connectivity index (χ1) is 6.66. The summed E-state index contributed by atoms with van der Waals surface area (Å²) < 4.78 is 73.6. The summed E-state index contributed by atoms with van der Waals surface area (Å²) >= 11 is 0. The summed E-state index contributed by atoms with van der Waals surface area (Å²) in [5.74, 6) is 0. The Hall–Kier alpha value is -1.21. The maximum Gasteiger partial charge on any atom is 0.435 e. The highest BCUT2D eigenvalue weighted by molar-refractivity contribution is 5.23. The molecule has 0 aliphatic rings. The quantitative estimate of drug-likeness (QED) is 0.680. The van der Waals surface area contributed by atoms with Gasteiger partial charge in [0.05, 0.1) is 0 Å². The molecule has 0 atom stereocenters. The van der Waals surface area contributed by atoms with E-state index < -0.39 is 23.6 Å². The highest BCUT2D eigenvalue weighted by Crippen LogP contribution is 2.39. The Bertz CT molecular complexity index is 316. The van der Waals surface area contributed by atoms with Crippen molar-refractivity contribution in [2.45, 2.75) is 25.8 Å². The number of alkyl halides is 6. The molecule has 15 heavy (non-hydrogen) atoms. The van der Waals surface area contributed by atoms with Gasteiger partial charge in [-0.25, -0.2) is 0 Å². The highest BCUT2D eigenvalue weighted by Gasteiger charge is 2.46. The van der Waals surface area contributed by atoms with Crippen LogP contribution in [0.3, 0.4) is 0 Å². The van der Waals surface area contributed by atoms with Crippen LogP contribution in [0.15, 0.2) is 6.20 Å². The van der Waals surface area contributed by atoms with E-state index in [0.717, 1.165) is 0 Å². The number of aryl methyl sites for hydroxylation is 1. The van der Waals surface area contributed by atoms with Gasteiger partial charge in [-0.1, -0.05) is 0 Å². The average Bonchev–Trinajstić information content (AvgIpc) is 2.44. The van der Waals surface area contributed by atoms with E-state index in [-0.39, 0.29) is 6.54 Å². The third-order valence-corrected chi connectivity index (χ3v) is 1.66. The Morgan fingerprint density at radius 1 is 1.13 bits per heavy atom. The largest absolute Gasteiger partial charge is 0.435 e. The van der Waals surface area contributed by atoms with Crippen molar-refractivity contribution < 1.29 is 26.3 Å². The minimum Gasteiger partial charge on any atom is -0.272 e. The molecule has 0 amide bonds. The number of rotatable bonds is 1. The zero-order valence-corrected chi connectivity index (χ0v) is 7.45. The molecule has 0 saturated heterocycles. The van der Waals surface area contributed by atoms with Crippen molar-refractivity contribution in [3.8, 4) is 0 Å². The van der Waals surface area contributed by atoms with Crippen LogP contribution in [0.4, 0.5) is 26.3 Å². The SMILES string of the molecule is CCn1cc(C(F)(F)F)c(C(F)(F)F)n1. The molecule has 0 saturated carbocycles. The molecule has 0 spiro atoms. The predicted octanol–water partition coefficient (Wildman–Crippen LogP) is 2.94. The van der Waals surface area contributed by atoms with Gasteiger partial charge in [0.1, 0.15) is 5.56 Å². The van der Waals surface area contributed by atoms with Crippen LogP contribution in [0.1, 0.15) is 18.2 Å². The van der Waals surface area contributed by atoms with Gasteiger partial charge in [-0.15, -0.1) is 0 Å². The van der Waals surface area contributed by atoms with Crippen molar-refractivity contribution in [1.82, 2.24) is 9.78 Å². The van der Waals surface area contributed by atoms with Crippen LogP contribution in [0.25, 0.3) is 0 Å². The monoisotopic (exact) mass is 232 g/mol. The van der Waals surface area contributed by atoms with Crippen molar-refractivity contribution in [2.24, 2.45) is 0 Å². The van der Waals surface area contributed by atoms with Crippen molar-refractivity contribution in [2.75, 3.05) is 0 Å². The number of aromatic nitrogens is 2. The second kappa shape index (κ2) is 3.42. The molecule has 0 aliphatic carbocycles. The Labute approximate surface area is 80.5 Å². The average molecular weight is 232 g/mol. The van der Waals surface area contributed by atoms with E-state index in [1.165, 1.54) is 6.92 Å². The fraction of sp³-hybridized carbons (Fsp3) is 0.571. The molecule has 2 nitrogen and oxygen atoms in total. The Morgan fingerprint density at radius 2 is 1.67 bits per heavy atom. The molecule has 86 valence electrons. The smallest absolute Gasteiger partial charge is 0.272 e. The molecule has 0 radical (unpaired) electrons. The molecule has 1 rings (SSSR count). The summed E-state index contributed by atoms with van der Waals surface area (Å²) in [7, 11) is 0. The van der Waals surface area contributed by atoms with Crippen LogP contribution in [0, 0.1) is 0 Å². The highest BCUT2D eigenvalue weighted by atomic mass is 19.4. The van der Waals surface area contributed by atoms with Crippen LogP contribution in [-0.4, -0.2) is 9.78 Å². The van der Waals surface area contributed by atoms with E-state index in [4.69, 9.17) is 0 Å². The first-order valence-corrected chi connectivity index (χ1v) is 3.88. The number of halogens is 6. The molecule has 8 heteroatoms. The molecule has 0 N–H and O–H groups in total. The normalized spacial score (nSPS) is 13.3. The summed E-state index contributed by atoms with van der Waals surface area (Å²) in [5, 5.41) is 2.84. The maximum absolute atomic E-state index is 12.2. The van der Waals surface area contributed by atoms with Gasteiger partial charge in [-0.3, -0.25) is 4.68 Å². The first kappa shape index (κ1) is 11.9. The Balaban J connectivity index is 3.31. The summed E-state index contributed by atoms with van der Waals surface area (Å²) in [6.45, 7) is 1.34. The van der Waals surface area contributed by atoms with Gasteiger partial charge in [0.15, 0.2) is 5.69 Å². The van der Waals surface area contributed by atoms with Gasteiger partial charge < -0.3 is 0 Å². The van der Waals surface area contributed by atoms with E-state index in [1.54, 1.807) is 0 Å². The third-order valence-electron chi connectivity index (χ3n) is 1.66. The number of nitrogens with zero attached hydrogens (tertiary/aromatic N) is 2. The van der Waals surface area contributed by atoms with Gasteiger partial charge in [0, 0.05) is 12.7 Å². The van der Waals surface area contributed by atoms with Gasteiger partial charge >= 0.3 is 12.4 Å². The lowest BCUT2D eigenvalue weighted by Gasteiger charge is -2.08. The molecule has 0 bridgehead atoms. The Morgan fingerprint density at radius 3 is 1.93 bits per heavy atom. The molecule has 1 aromatic heterocycles. The van der Waals surface area contributed by atoms with E-state index in [1.807, 2.05) is 0 Å². The first-order valence-electron chi connectivity index (χ1n) is 3.88. The molecule has 1 aromatic rings. The lowest BCUT2D eigenvalue weighted by molar-refractivity contribution is -0.163. The summed E-state index contributed by atoms with van der Waals surface area (Å²) in [5.41, 5.74) is -3.64. The van der Waals surface area contributed by atoms with Gasteiger partial charge in [-0.2, -0.15) is 31.4 Å². The van der Waals surface area contributed by atoms with E-state index in [2.05, 4.69) is 5.10 Å². The summed E-state index contributed by atoms with van der Waals surface area (Å²) in [6, 6.07) is 0. The molecule has 1 heterocycles. The van der Waals surface area contributed by atoms with Crippen LogP contribution >= 0.6 is 0 Å². The molecular weight excluding hydrogens is 226 g/mol. The molecular formula is C7H6F6N2. The van der Waals surface area contributed by atoms with Crippen LogP contribution in [0.2, 0.25) is 0 Å². The minimum absolute atomic E-state index is 0.0564. The lowest BCUT2D eigenvalue weighted by atomic mass is 10.2. The fourth-order valence-corrected chi connectivity index (χ4v) is 1.00. The summed E-state index contributed by atoms with van der Waals surface area (Å²) in [4.78, 5) is 0. The fourth-order valence-electron chi connectivity index (χ4n) is 1.00. The second-order valence-electron chi connectivity index (χ2n) is 2.74. The molecule has 0 fully saturated rings.